The highest BCUT2D eigenvalue weighted by atomic mass is 19.2. The minimum Gasteiger partial charge on any atom is -0.480 e. The van der Waals surface area contributed by atoms with E-state index >= 15 is 0 Å². The summed E-state index contributed by atoms with van der Waals surface area (Å²) in [6.45, 7) is 4.24. The number of hydrogen-bond donors (Lipinski definition) is 3. The molecule has 116 valence electrons. The zero-order chi connectivity index (χ0) is 15.8. The Morgan fingerprint density at radius 2 is 1.95 bits per heavy atom. The first-order chi connectivity index (χ1) is 9.93. The van der Waals surface area contributed by atoms with Crippen LogP contribution in [-0.4, -0.2) is 29.1 Å². The van der Waals surface area contributed by atoms with Crippen molar-refractivity contribution < 1.29 is 19.2 Å². The molecule has 1 amide bonds. The van der Waals surface area contributed by atoms with Crippen LogP contribution in [0, 0.1) is 5.92 Å². The van der Waals surface area contributed by atoms with Crippen molar-refractivity contribution >= 4 is 11.9 Å². The number of benzene rings is 1. The van der Waals surface area contributed by atoms with Gasteiger partial charge in [-0.2, -0.15) is 0 Å². The molecule has 2 rings (SSSR count). The lowest BCUT2D eigenvalue weighted by molar-refractivity contribution is -0.140. The van der Waals surface area contributed by atoms with Crippen molar-refractivity contribution in [3.8, 4) is 0 Å². The molecule has 1 aromatic carbocycles. The van der Waals surface area contributed by atoms with E-state index in [2.05, 4.69) is 19.2 Å². The normalized spacial score (nSPS) is 17.5. The van der Waals surface area contributed by atoms with Gasteiger partial charge in [0.25, 0.3) is 0 Å². The number of amides is 1. The standard InChI is InChI=1S/C9H10FNO2.C6H11NO/c10-11-8(9(12)13)6-7-4-2-1-3-5-7;1-4(2)3-5-6(8)7-5/h1-5,8,11H,6H2,(H,12,13);4-5H,3H2,1-2H3,(H,7,8). The minimum absolute atomic E-state index is 0.146. The predicted octanol–water partition coefficient (Wildman–Crippen LogP) is 1.69. The molecule has 0 spiro atoms. The van der Waals surface area contributed by atoms with Crippen molar-refractivity contribution in [3.63, 3.8) is 0 Å². The number of rotatable bonds is 6. The summed E-state index contributed by atoms with van der Waals surface area (Å²) in [4.78, 5) is 20.7. The van der Waals surface area contributed by atoms with E-state index in [-0.39, 0.29) is 18.4 Å². The Morgan fingerprint density at radius 1 is 1.38 bits per heavy atom. The predicted molar refractivity (Wildman–Crippen MR) is 77.2 cm³/mol. The third-order valence-corrected chi connectivity index (χ3v) is 2.97. The molecule has 3 N–H and O–H groups in total. The molecule has 0 aliphatic carbocycles. The number of carbonyl (C=O) groups is 2. The van der Waals surface area contributed by atoms with Crippen LogP contribution in [0.4, 0.5) is 4.48 Å². The molecule has 1 aliphatic rings. The van der Waals surface area contributed by atoms with E-state index in [9.17, 15) is 14.1 Å². The highest BCUT2D eigenvalue weighted by Gasteiger charge is 2.33. The molecule has 1 aliphatic heterocycles. The maximum atomic E-state index is 12.0. The van der Waals surface area contributed by atoms with E-state index in [0.717, 1.165) is 12.0 Å². The molecule has 6 heteroatoms. The number of carboxylic acids is 1. The van der Waals surface area contributed by atoms with Gasteiger partial charge >= 0.3 is 5.97 Å². The fourth-order valence-electron chi connectivity index (χ4n) is 1.79. The zero-order valence-corrected chi connectivity index (χ0v) is 12.2. The van der Waals surface area contributed by atoms with Crippen LogP contribution in [0.25, 0.3) is 0 Å². The lowest BCUT2D eigenvalue weighted by Gasteiger charge is -2.07. The molecule has 1 heterocycles. The van der Waals surface area contributed by atoms with Crippen LogP contribution in [0.1, 0.15) is 25.8 Å². The van der Waals surface area contributed by atoms with Gasteiger partial charge in [-0.3, -0.25) is 9.59 Å². The van der Waals surface area contributed by atoms with Gasteiger partial charge in [-0.15, -0.1) is 10.0 Å². The summed E-state index contributed by atoms with van der Waals surface area (Å²) in [6.07, 6.45) is 1.14. The summed E-state index contributed by atoms with van der Waals surface area (Å²) in [7, 11) is 0. The quantitative estimate of drug-likeness (QED) is 0.550. The topological polar surface area (TPSA) is 88.3 Å². The van der Waals surface area contributed by atoms with Crippen LogP contribution in [-0.2, 0) is 16.0 Å². The van der Waals surface area contributed by atoms with Crippen molar-refractivity contribution in [1.29, 1.82) is 0 Å². The van der Waals surface area contributed by atoms with Gasteiger partial charge in [0.15, 0.2) is 0 Å². The number of hydrogen-bond acceptors (Lipinski definition) is 3. The van der Waals surface area contributed by atoms with E-state index in [1.165, 1.54) is 5.54 Å². The SMILES string of the molecule is CC(C)CC1NC1=O.O=C(O)C(Cc1ccccc1)NF. The van der Waals surface area contributed by atoms with Crippen LogP contribution >= 0.6 is 0 Å². The molecule has 21 heavy (non-hydrogen) atoms. The molecule has 5 nitrogen and oxygen atoms in total. The Hall–Kier alpha value is -1.95. The van der Waals surface area contributed by atoms with Crippen LogP contribution in [0.5, 0.6) is 0 Å². The first-order valence-corrected chi connectivity index (χ1v) is 6.87. The smallest absolute Gasteiger partial charge is 0.323 e. The summed E-state index contributed by atoms with van der Waals surface area (Å²) in [6, 6.07) is 7.94. The molecule has 0 radical (unpaired) electrons. The molecular weight excluding hydrogens is 275 g/mol. The fourth-order valence-corrected chi connectivity index (χ4v) is 1.79. The van der Waals surface area contributed by atoms with E-state index in [1.54, 1.807) is 24.3 Å². The van der Waals surface area contributed by atoms with Crippen molar-refractivity contribution in [2.75, 3.05) is 0 Å². The monoisotopic (exact) mass is 296 g/mol. The van der Waals surface area contributed by atoms with Gasteiger partial charge in [0.2, 0.25) is 5.91 Å². The van der Waals surface area contributed by atoms with Crippen molar-refractivity contribution in [3.05, 3.63) is 35.9 Å². The van der Waals surface area contributed by atoms with Gasteiger partial charge in [0.05, 0.1) is 0 Å². The third-order valence-electron chi connectivity index (χ3n) is 2.97. The Morgan fingerprint density at radius 3 is 2.29 bits per heavy atom. The molecular formula is C15H21FN2O3. The summed E-state index contributed by atoms with van der Waals surface area (Å²) in [5.41, 5.74) is 2.04. The minimum atomic E-state index is -1.19. The van der Waals surface area contributed by atoms with Gasteiger partial charge in [-0.1, -0.05) is 44.2 Å². The lowest BCUT2D eigenvalue weighted by atomic mass is 10.1. The second kappa shape index (κ2) is 8.36. The van der Waals surface area contributed by atoms with Crippen molar-refractivity contribution in [1.82, 2.24) is 10.9 Å². The molecule has 0 aromatic heterocycles. The Balaban J connectivity index is 0.000000235. The summed E-state index contributed by atoms with van der Waals surface area (Å²) >= 11 is 0. The number of halogens is 1. The molecule has 1 fully saturated rings. The molecule has 0 saturated carbocycles. The Bertz CT molecular complexity index is 465. The Kier molecular flexibility index (Phi) is 6.81. The molecule has 2 atom stereocenters. The maximum absolute atomic E-state index is 12.0. The Labute approximate surface area is 123 Å². The molecule has 1 aromatic rings. The van der Waals surface area contributed by atoms with E-state index in [1.807, 2.05) is 6.07 Å². The van der Waals surface area contributed by atoms with Crippen LogP contribution in [0.2, 0.25) is 0 Å². The van der Waals surface area contributed by atoms with Gasteiger partial charge < -0.3 is 10.4 Å². The van der Waals surface area contributed by atoms with E-state index in [0.29, 0.717) is 5.92 Å². The first kappa shape index (κ1) is 17.1. The van der Waals surface area contributed by atoms with Crippen LogP contribution in [0.3, 0.4) is 0 Å². The average molecular weight is 296 g/mol. The maximum Gasteiger partial charge on any atom is 0.323 e. The second-order valence-electron chi connectivity index (χ2n) is 5.38. The van der Waals surface area contributed by atoms with Gasteiger partial charge in [0.1, 0.15) is 12.1 Å². The zero-order valence-electron chi connectivity index (χ0n) is 12.2. The van der Waals surface area contributed by atoms with E-state index < -0.39 is 12.0 Å². The van der Waals surface area contributed by atoms with Crippen molar-refractivity contribution in [2.45, 2.75) is 38.8 Å². The summed E-state index contributed by atoms with van der Waals surface area (Å²) in [5.74, 6) is -0.330. The number of nitrogens with one attached hydrogen (secondary N) is 2. The largest absolute Gasteiger partial charge is 0.480 e. The molecule has 0 bridgehead atoms. The number of carboxylic acid groups (broad SMARTS) is 1. The van der Waals surface area contributed by atoms with Gasteiger partial charge in [-0.05, 0) is 17.9 Å². The number of aliphatic carboxylic acids is 1. The highest BCUT2D eigenvalue weighted by molar-refractivity contribution is 5.96. The van der Waals surface area contributed by atoms with Crippen LogP contribution in [0.15, 0.2) is 30.3 Å². The van der Waals surface area contributed by atoms with E-state index in [4.69, 9.17) is 5.11 Å². The summed E-state index contributed by atoms with van der Waals surface area (Å²) < 4.78 is 12.0. The molecule has 1 saturated heterocycles. The van der Waals surface area contributed by atoms with Crippen molar-refractivity contribution in [2.24, 2.45) is 5.92 Å². The van der Waals surface area contributed by atoms with Gasteiger partial charge in [-0.25, -0.2) is 0 Å². The fraction of sp³-hybridized carbons (Fsp3) is 0.467. The average Bonchev–Trinajstić information content (AvgIpc) is 3.12. The molecule has 2 unspecified atom stereocenters. The van der Waals surface area contributed by atoms with Crippen LogP contribution < -0.4 is 10.9 Å². The highest BCUT2D eigenvalue weighted by Crippen LogP contribution is 2.12. The second-order valence-corrected chi connectivity index (χ2v) is 5.38. The summed E-state index contributed by atoms with van der Waals surface area (Å²) in [5, 5.41) is 11.3. The lowest BCUT2D eigenvalue weighted by Crippen LogP contribution is -2.33. The first-order valence-electron chi connectivity index (χ1n) is 6.87. The third kappa shape index (κ3) is 6.85. The van der Waals surface area contributed by atoms with Gasteiger partial charge in [0, 0.05) is 6.42 Å². The number of carbonyl (C=O) groups excluding carboxylic acids is 1.